The maximum atomic E-state index is 14.0. The highest BCUT2D eigenvalue weighted by atomic mass is 32.2. The number of aromatic nitrogens is 3. The fraction of sp³-hybridized carbons (Fsp3) is 0.478. The number of halogens is 4. The van der Waals surface area contributed by atoms with E-state index in [0.717, 1.165) is 6.07 Å². The van der Waals surface area contributed by atoms with E-state index in [1.807, 2.05) is 0 Å². The second kappa shape index (κ2) is 8.87. The molecule has 2 N–H and O–H groups in total. The maximum Gasteiger partial charge on any atom is 0.431 e. The lowest BCUT2D eigenvalue weighted by molar-refractivity contribution is -0.140. The van der Waals surface area contributed by atoms with Crippen molar-refractivity contribution >= 4 is 26.6 Å². The van der Waals surface area contributed by atoms with Gasteiger partial charge in [-0.05, 0) is 25.0 Å². The largest absolute Gasteiger partial charge is 0.493 e. The third kappa shape index (κ3) is 4.73. The number of benzene rings is 1. The smallest absolute Gasteiger partial charge is 0.431 e. The highest BCUT2D eigenvalue weighted by molar-refractivity contribution is 7.92. The van der Waals surface area contributed by atoms with Crippen LogP contribution in [0.25, 0.3) is 11.0 Å². The number of hydrogen-bond donors (Lipinski definition) is 2. The lowest BCUT2D eigenvalue weighted by atomic mass is 9.72. The molecular weight excluding hydrogens is 502 g/mol. The summed E-state index contributed by atoms with van der Waals surface area (Å²) in [5.41, 5.74) is -1.12. The maximum absolute atomic E-state index is 14.0. The van der Waals surface area contributed by atoms with Gasteiger partial charge >= 0.3 is 6.18 Å². The summed E-state index contributed by atoms with van der Waals surface area (Å²) in [6.45, 7) is 0.939. The van der Waals surface area contributed by atoms with Crippen LogP contribution in [0.1, 0.15) is 30.1 Å². The molecule has 2 atom stereocenters. The van der Waals surface area contributed by atoms with Gasteiger partial charge in [-0.2, -0.15) is 13.2 Å². The van der Waals surface area contributed by atoms with Crippen LogP contribution in [0, 0.1) is 11.7 Å². The highest BCUT2D eigenvalue weighted by Gasteiger charge is 2.48. The van der Waals surface area contributed by atoms with E-state index in [-0.39, 0.29) is 23.5 Å². The highest BCUT2D eigenvalue weighted by Crippen LogP contribution is 2.48. The van der Waals surface area contributed by atoms with E-state index in [9.17, 15) is 21.8 Å². The lowest BCUT2D eigenvalue weighted by Crippen LogP contribution is -2.50. The van der Waals surface area contributed by atoms with Gasteiger partial charge < -0.3 is 19.8 Å². The molecule has 4 heterocycles. The van der Waals surface area contributed by atoms with Crippen molar-refractivity contribution in [2.24, 2.45) is 10.3 Å². The molecule has 1 aromatic carbocycles. The minimum atomic E-state index is -4.59. The van der Waals surface area contributed by atoms with Crippen molar-refractivity contribution in [1.29, 1.82) is 0 Å². The number of hydrogen-bond acceptors (Lipinski definition) is 7. The monoisotopic (exact) mass is 527 g/mol. The van der Waals surface area contributed by atoms with E-state index in [4.69, 9.17) is 13.8 Å². The summed E-state index contributed by atoms with van der Waals surface area (Å²) >= 11 is 0. The van der Waals surface area contributed by atoms with Gasteiger partial charge in [-0.1, -0.05) is 6.07 Å². The van der Waals surface area contributed by atoms with Crippen LogP contribution in [0.4, 0.5) is 23.4 Å². The Bertz CT molecular complexity index is 1400. The zero-order chi connectivity index (χ0) is 25.7. The van der Waals surface area contributed by atoms with Crippen LogP contribution in [-0.2, 0) is 20.6 Å². The summed E-state index contributed by atoms with van der Waals surface area (Å²) in [4.78, 5) is 10.5. The molecule has 2 aliphatic rings. The van der Waals surface area contributed by atoms with Gasteiger partial charge in [0.2, 0.25) is 0 Å². The number of alkyl halides is 3. The second-order valence-electron chi connectivity index (χ2n) is 9.38. The van der Waals surface area contributed by atoms with Crippen LogP contribution < -0.4 is 10.1 Å². The number of anilines is 1. The number of rotatable bonds is 4. The van der Waals surface area contributed by atoms with E-state index in [1.165, 1.54) is 18.5 Å². The van der Waals surface area contributed by atoms with Gasteiger partial charge in [0.05, 0.1) is 23.6 Å². The lowest BCUT2D eigenvalue weighted by Gasteiger charge is -2.46. The summed E-state index contributed by atoms with van der Waals surface area (Å²) in [6.07, 6.45) is 0.668. The summed E-state index contributed by atoms with van der Waals surface area (Å²) < 4.78 is 83.3. The standard InChI is InChI=1S/C23H25F4N5O3S/c1-36(2,33)32-22(5-7-34-8-6-22)16-11-35-17-9-13(24)3-4-14(17)19(16)31-21-15-10-18(23(25,26)27)30-20(15)28-12-29-21/h3-4,9-10,12,16,19H,5-8,11H2,1-2H3,(H2,28,29,30,31)/t16-,19-/m0/s1. The molecule has 194 valence electrons. The molecule has 8 nitrogen and oxygen atoms in total. The third-order valence-electron chi connectivity index (χ3n) is 6.61. The number of nitrogens with one attached hydrogen (secondary N) is 2. The average Bonchev–Trinajstić information content (AvgIpc) is 3.24. The van der Waals surface area contributed by atoms with Gasteiger partial charge in [0.1, 0.15) is 35.1 Å². The van der Waals surface area contributed by atoms with Gasteiger partial charge in [0.25, 0.3) is 0 Å². The molecule has 0 unspecified atom stereocenters. The molecule has 0 spiro atoms. The minimum Gasteiger partial charge on any atom is -0.493 e. The molecule has 13 heteroatoms. The quantitative estimate of drug-likeness (QED) is 0.483. The summed E-state index contributed by atoms with van der Waals surface area (Å²) in [6, 6.07) is 4.51. The molecule has 0 radical (unpaired) electrons. The summed E-state index contributed by atoms with van der Waals surface area (Å²) in [7, 11) is -2.54. The van der Waals surface area contributed by atoms with Crippen LogP contribution in [0.15, 0.2) is 35.0 Å². The van der Waals surface area contributed by atoms with Gasteiger partial charge in [-0.25, -0.2) is 18.7 Å². The molecule has 3 aromatic rings. The number of ether oxygens (including phenoxy) is 2. The molecule has 0 aliphatic carbocycles. The molecule has 1 fully saturated rings. The van der Waals surface area contributed by atoms with Crippen molar-refractivity contribution in [3.05, 3.63) is 47.7 Å². The third-order valence-corrected chi connectivity index (χ3v) is 7.41. The number of H-pyrrole nitrogens is 1. The zero-order valence-corrected chi connectivity index (χ0v) is 20.4. The fourth-order valence-corrected chi connectivity index (χ4v) is 6.27. The Morgan fingerprint density at radius 1 is 1.19 bits per heavy atom. The molecule has 5 rings (SSSR count). The Labute approximate surface area is 205 Å². The number of fused-ring (bicyclic) bond motifs is 2. The van der Waals surface area contributed by atoms with E-state index < -0.39 is 44.9 Å². The van der Waals surface area contributed by atoms with Crippen LogP contribution in [-0.4, -0.2) is 57.0 Å². The van der Waals surface area contributed by atoms with E-state index >= 15 is 0 Å². The molecule has 36 heavy (non-hydrogen) atoms. The molecular formula is C23H25F4N5O3S. The van der Waals surface area contributed by atoms with Gasteiger partial charge in [-0.15, -0.1) is 0 Å². The van der Waals surface area contributed by atoms with Gasteiger partial charge in [0.15, 0.2) is 0 Å². The van der Waals surface area contributed by atoms with Crippen LogP contribution in [0.3, 0.4) is 0 Å². The SMILES string of the molecule is CS(C)(=O)=NC1([C@H]2COc3cc(F)ccc3[C@@H]2Nc2ncnc3[nH]c(C(F)(F)F)cc23)CCOCC1. The summed E-state index contributed by atoms with van der Waals surface area (Å²) in [5.74, 6) is -0.387. The predicted molar refractivity (Wildman–Crippen MR) is 126 cm³/mol. The first-order valence-corrected chi connectivity index (χ1v) is 13.6. The Morgan fingerprint density at radius 3 is 2.64 bits per heavy atom. The van der Waals surface area contributed by atoms with Crippen molar-refractivity contribution in [2.75, 3.05) is 37.6 Å². The van der Waals surface area contributed by atoms with Crippen molar-refractivity contribution in [3.63, 3.8) is 0 Å². The second-order valence-corrected chi connectivity index (χ2v) is 11.9. The fourth-order valence-electron chi connectivity index (χ4n) is 5.07. The molecule has 0 bridgehead atoms. The first-order valence-electron chi connectivity index (χ1n) is 11.3. The van der Waals surface area contributed by atoms with E-state index in [0.29, 0.717) is 37.4 Å². The van der Waals surface area contributed by atoms with Crippen molar-refractivity contribution < 1.29 is 31.2 Å². The van der Waals surface area contributed by atoms with Gasteiger partial charge in [0, 0.05) is 53.0 Å². The summed E-state index contributed by atoms with van der Waals surface area (Å²) in [5, 5.41) is 3.45. The van der Waals surface area contributed by atoms with E-state index in [2.05, 4.69) is 20.3 Å². The molecule has 2 aliphatic heterocycles. The van der Waals surface area contributed by atoms with Crippen LogP contribution in [0.5, 0.6) is 5.75 Å². The van der Waals surface area contributed by atoms with E-state index in [1.54, 1.807) is 18.6 Å². The van der Waals surface area contributed by atoms with Crippen LogP contribution >= 0.6 is 0 Å². The first-order chi connectivity index (χ1) is 17.0. The van der Waals surface area contributed by atoms with Crippen molar-refractivity contribution in [2.45, 2.75) is 30.6 Å². The Morgan fingerprint density at radius 2 is 1.94 bits per heavy atom. The van der Waals surface area contributed by atoms with Crippen LogP contribution in [0.2, 0.25) is 0 Å². The number of aromatic amines is 1. The number of nitrogens with zero attached hydrogens (tertiary/aromatic N) is 3. The molecule has 2 aromatic heterocycles. The Hall–Kier alpha value is -2.93. The Kier molecular flexibility index (Phi) is 6.10. The van der Waals surface area contributed by atoms with Crippen molar-refractivity contribution in [1.82, 2.24) is 15.0 Å². The Balaban J connectivity index is 1.64. The first kappa shape index (κ1) is 24.8. The molecule has 0 saturated carbocycles. The topological polar surface area (TPSA) is 101 Å². The van der Waals surface area contributed by atoms with Gasteiger partial charge in [-0.3, -0.25) is 4.21 Å². The average molecular weight is 528 g/mol. The predicted octanol–water partition coefficient (Wildman–Crippen LogP) is 4.55. The van der Waals surface area contributed by atoms with Crippen molar-refractivity contribution in [3.8, 4) is 5.75 Å². The zero-order valence-electron chi connectivity index (χ0n) is 19.6. The molecule has 1 saturated heterocycles. The normalized spacial score (nSPS) is 22.1. The minimum absolute atomic E-state index is 0.0263. The molecule has 0 amide bonds.